The second kappa shape index (κ2) is 7.63. The predicted octanol–water partition coefficient (Wildman–Crippen LogP) is 1.27. The number of rotatable bonds is 6. The standard InChI is InChI=1S/C15H20N4O4S2/c1-25(21,22)18-12-4-7-19(8-5-12)14(20)3-2-13-16-17-15(23-13)11-6-9-24-10-11/h6,9-10,12,18H,2-5,7-8H2,1H3. The molecule has 0 spiro atoms. The van der Waals surface area contributed by atoms with Crippen molar-refractivity contribution in [2.24, 2.45) is 0 Å². The summed E-state index contributed by atoms with van der Waals surface area (Å²) >= 11 is 1.55. The highest BCUT2D eigenvalue weighted by atomic mass is 32.2. The first kappa shape index (κ1) is 18.0. The molecule has 8 nitrogen and oxygen atoms in total. The lowest BCUT2D eigenvalue weighted by Crippen LogP contribution is -2.46. The fraction of sp³-hybridized carbons (Fsp3) is 0.533. The average molecular weight is 384 g/mol. The van der Waals surface area contributed by atoms with Crippen LogP contribution < -0.4 is 4.72 Å². The summed E-state index contributed by atoms with van der Waals surface area (Å²) in [5.74, 6) is 0.938. The van der Waals surface area contributed by atoms with E-state index < -0.39 is 10.0 Å². The van der Waals surface area contributed by atoms with Gasteiger partial charge in [0, 0.05) is 42.9 Å². The first-order chi connectivity index (χ1) is 11.9. The van der Waals surface area contributed by atoms with Crippen LogP contribution in [0.5, 0.6) is 0 Å². The molecule has 1 amide bonds. The highest BCUT2D eigenvalue weighted by molar-refractivity contribution is 7.88. The first-order valence-corrected chi connectivity index (χ1v) is 10.8. The Kier molecular flexibility index (Phi) is 5.50. The van der Waals surface area contributed by atoms with Gasteiger partial charge < -0.3 is 9.32 Å². The summed E-state index contributed by atoms with van der Waals surface area (Å²) in [6.45, 7) is 1.10. The Hall–Kier alpha value is -1.78. The van der Waals surface area contributed by atoms with Crippen molar-refractivity contribution in [3.8, 4) is 11.5 Å². The fourth-order valence-electron chi connectivity index (χ4n) is 2.78. The van der Waals surface area contributed by atoms with E-state index in [9.17, 15) is 13.2 Å². The minimum atomic E-state index is -3.20. The zero-order chi connectivity index (χ0) is 17.9. The number of nitrogens with zero attached hydrogens (tertiary/aromatic N) is 3. The van der Waals surface area contributed by atoms with Gasteiger partial charge in [0.1, 0.15) is 0 Å². The van der Waals surface area contributed by atoms with Gasteiger partial charge in [-0.3, -0.25) is 4.79 Å². The quantitative estimate of drug-likeness (QED) is 0.804. The number of carbonyl (C=O) groups excluding carboxylic acids is 1. The van der Waals surface area contributed by atoms with Gasteiger partial charge in [-0.15, -0.1) is 10.2 Å². The Labute approximate surface area is 150 Å². The van der Waals surface area contributed by atoms with Gasteiger partial charge in [0.25, 0.3) is 0 Å². The molecule has 3 heterocycles. The third kappa shape index (κ3) is 5.10. The highest BCUT2D eigenvalue weighted by Gasteiger charge is 2.24. The highest BCUT2D eigenvalue weighted by Crippen LogP contribution is 2.21. The largest absolute Gasteiger partial charge is 0.421 e. The van der Waals surface area contributed by atoms with E-state index in [-0.39, 0.29) is 11.9 Å². The minimum absolute atomic E-state index is 0.0214. The van der Waals surface area contributed by atoms with E-state index in [0.717, 1.165) is 11.8 Å². The molecule has 2 aromatic heterocycles. The van der Waals surface area contributed by atoms with Crippen LogP contribution in [0.3, 0.4) is 0 Å². The van der Waals surface area contributed by atoms with Gasteiger partial charge >= 0.3 is 0 Å². The molecule has 136 valence electrons. The van der Waals surface area contributed by atoms with Crippen LogP contribution in [-0.4, -0.2) is 54.8 Å². The minimum Gasteiger partial charge on any atom is -0.421 e. The maximum absolute atomic E-state index is 12.3. The summed E-state index contributed by atoms with van der Waals surface area (Å²) in [6.07, 6.45) is 3.11. The van der Waals surface area contributed by atoms with Crippen LogP contribution in [0.25, 0.3) is 11.5 Å². The van der Waals surface area contributed by atoms with Gasteiger partial charge in [-0.05, 0) is 24.3 Å². The SMILES string of the molecule is CS(=O)(=O)NC1CCN(C(=O)CCc2nnc(-c3ccsc3)o2)CC1. The number of sulfonamides is 1. The van der Waals surface area contributed by atoms with Crippen molar-refractivity contribution in [1.82, 2.24) is 19.8 Å². The third-order valence-electron chi connectivity index (χ3n) is 4.02. The number of carbonyl (C=O) groups is 1. The lowest BCUT2D eigenvalue weighted by molar-refractivity contribution is -0.132. The van der Waals surface area contributed by atoms with Crippen LogP contribution in [0.15, 0.2) is 21.2 Å². The summed E-state index contributed by atoms with van der Waals surface area (Å²) in [6, 6.07) is 1.81. The normalized spacial score (nSPS) is 16.3. The van der Waals surface area contributed by atoms with Crippen molar-refractivity contribution in [2.45, 2.75) is 31.7 Å². The van der Waals surface area contributed by atoms with Gasteiger partial charge in [0.2, 0.25) is 27.7 Å². The van der Waals surface area contributed by atoms with E-state index in [1.165, 1.54) is 0 Å². The molecule has 1 fully saturated rings. The number of nitrogens with one attached hydrogen (secondary N) is 1. The molecule has 2 aromatic rings. The summed E-state index contributed by atoms with van der Waals surface area (Å²) in [4.78, 5) is 14.1. The second-order valence-electron chi connectivity index (χ2n) is 6.06. The molecule has 1 aliphatic rings. The van der Waals surface area contributed by atoms with E-state index in [0.29, 0.717) is 50.6 Å². The molecule has 25 heavy (non-hydrogen) atoms. The number of aromatic nitrogens is 2. The van der Waals surface area contributed by atoms with E-state index in [1.807, 2.05) is 16.8 Å². The van der Waals surface area contributed by atoms with Gasteiger partial charge in [0.05, 0.1) is 6.26 Å². The van der Waals surface area contributed by atoms with Gasteiger partial charge in [-0.1, -0.05) is 0 Å². The van der Waals surface area contributed by atoms with Crippen LogP contribution in [0.4, 0.5) is 0 Å². The molecule has 1 aliphatic heterocycles. The molecule has 0 aliphatic carbocycles. The fourth-order valence-corrected chi connectivity index (χ4v) is 4.25. The summed E-state index contributed by atoms with van der Waals surface area (Å²) in [5, 5.41) is 11.8. The number of hydrogen-bond acceptors (Lipinski definition) is 7. The monoisotopic (exact) mass is 384 g/mol. The Morgan fingerprint density at radius 2 is 2.16 bits per heavy atom. The number of piperidine rings is 1. The smallest absolute Gasteiger partial charge is 0.248 e. The molecular formula is C15H20N4O4S2. The lowest BCUT2D eigenvalue weighted by Gasteiger charge is -2.32. The summed E-state index contributed by atoms with van der Waals surface area (Å²) < 4.78 is 30.7. The summed E-state index contributed by atoms with van der Waals surface area (Å²) in [5.41, 5.74) is 0.885. The van der Waals surface area contributed by atoms with E-state index in [4.69, 9.17) is 4.42 Å². The number of amides is 1. The Morgan fingerprint density at radius 1 is 1.40 bits per heavy atom. The molecule has 3 rings (SSSR count). The lowest BCUT2D eigenvalue weighted by atomic mass is 10.1. The van der Waals surface area contributed by atoms with Crippen molar-refractivity contribution < 1.29 is 17.6 Å². The van der Waals surface area contributed by atoms with Crippen molar-refractivity contribution >= 4 is 27.3 Å². The van der Waals surface area contributed by atoms with Crippen LogP contribution in [0.1, 0.15) is 25.2 Å². The van der Waals surface area contributed by atoms with E-state index in [1.54, 1.807) is 16.2 Å². The molecule has 1 N–H and O–H groups in total. The van der Waals surface area contributed by atoms with Crippen molar-refractivity contribution in [3.63, 3.8) is 0 Å². The van der Waals surface area contributed by atoms with E-state index in [2.05, 4.69) is 14.9 Å². The number of likely N-dealkylation sites (tertiary alicyclic amines) is 1. The van der Waals surface area contributed by atoms with Crippen LogP contribution >= 0.6 is 11.3 Å². The number of hydrogen-bond donors (Lipinski definition) is 1. The van der Waals surface area contributed by atoms with Crippen LogP contribution in [-0.2, 0) is 21.2 Å². The average Bonchev–Trinajstić information content (AvgIpc) is 3.23. The molecule has 0 unspecified atom stereocenters. The van der Waals surface area contributed by atoms with Gasteiger partial charge in [0.15, 0.2) is 0 Å². The zero-order valence-corrected chi connectivity index (χ0v) is 15.5. The van der Waals surface area contributed by atoms with Crippen LogP contribution in [0.2, 0.25) is 0 Å². The van der Waals surface area contributed by atoms with Crippen molar-refractivity contribution in [1.29, 1.82) is 0 Å². The van der Waals surface area contributed by atoms with Gasteiger partial charge in [-0.2, -0.15) is 11.3 Å². The number of aryl methyl sites for hydroxylation is 1. The van der Waals surface area contributed by atoms with Crippen molar-refractivity contribution in [2.75, 3.05) is 19.3 Å². The predicted molar refractivity (Wildman–Crippen MR) is 93.5 cm³/mol. The third-order valence-corrected chi connectivity index (χ3v) is 5.46. The second-order valence-corrected chi connectivity index (χ2v) is 8.62. The molecule has 0 saturated carbocycles. The van der Waals surface area contributed by atoms with Gasteiger partial charge in [-0.25, -0.2) is 13.1 Å². The van der Waals surface area contributed by atoms with Crippen molar-refractivity contribution in [3.05, 3.63) is 22.7 Å². The topological polar surface area (TPSA) is 105 Å². The molecule has 0 radical (unpaired) electrons. The molecule has 10 heteroatoms. The first-order valence-electron chi connectivity index (χ1n) is 8.01. The zero-order valence-electron chi connectivity index (χ0n) is 13.8. The molecule has 0 atom stereocenters. The van der Waals surface area contributed by atoms with Crippen LogP contribution in [0, 0.1) is 0 Å². The Morgan fingerprint density at radius 3 is 2.80 bits per heavy atom. The molecule has 0 aromatic carbocycles. The maximum atomic E-state index is 12.3. The molecule has 1 saturated heterocycles. The summed E-state index contributed by atoms with van der Waals surface area (Å²) in [7, 11) is -3.20. The molecule has 0 bridgehead atoms. The maximum Gasteiger partial charge on any atom is 0.248 e. The Bertz CT molecular complexity index is 808. The molecular weight excluding hydrogens is 364 g/mol. The Balaban J connectivity index is 1.46. The van der Waals surface area contributed by atoms with E-state index >= 15 is 0 Å². The number of thiophene rings is 1.